The Balaban J connectivity index is 1.71. The first kappa shape index (κ1) is 24.3. The Morgan fingerprint density at radius 3 is 2.53 bits per heavy atom. The van der Waals surface area contributed by atoms with Crippen LogP contribution in [0.4, 0.5) is 0 Å². The van der Waals surface area contributed by atoms with E-state index in [0.29, 0.717) is 12.3 Å². The topological polar surface area (TPSA) is 58.6 Å². The predicted molar refractivity (Wildman–Crippen MR) is 131 cm³/mol. The molecule has 2 aromatic rings. The van der Waals surface area contributed by atoms with Crippen LogP contribution < -0.4 is 10.1 Å². The zero-order chi connectivity index (χ0) is 23.1. The molecule has 6 heteroatoms. The molecule has 32 heavy (non-hydrogen) atoms. The van der Waals surface area contributed by atoms with Gasteiger partial charge in [0, 0.05) is 17.1 Å². The third kappa shape index (κ3) is 6.83. The van der Waals surface area contributed by atoms with Crippen molar-refractivity contribution >= 4 is 27.7 Å². The highest BCUT2D eigenvalue weighted by atomic mass is 79.9. The zero-order valence-electron chi connectivity index (χ0n) is 19.2. The van der Waals surface area contributed by atoms with Gasteiger partial charge in [0.2, 0.25) is 5.91 Å². The largest absolute Gasteiger partial charge is 0.484 e. The first-order valence-corrected chi connectivity index (χ1v) is 12.2. The van der Waals surface area contributed by atoms with Gasteiger partial charge < -0.3 is 15.0 Å². The third-order valence-electron chi connectivity index (χ3n) is 6.20. The van der Waals surface area contributed by atoms with E-state index in [-0.39, 0.29) is 24.5 Å². The fourth-order valence-electron chi connectivity index (χ4n) is 4.02. The number of aryl methyl sites for hydroxylation is 2. The number of halogens is 1. The Hall–Kier alpha value is -2.34. The quantitative estimate of drug-likeness (QED) is 0.534. The fraction of sp³-hybridized carbons (Fsp3) is 0.462. The van der Waals surface area contributed by atoms with Gasteiger partial charge in [-0.2, -0.15) is 0 Å². The monoisotopic (exact) mass is 500 g/mol. The van der Waals surface area contributed by atoms with E-state index in [1.165, 1.54) is 12.0 Å². The van der Waals surface area contributed by atoms with Gasteiger partial charge >= 0.3 is 0 Å². The van der Waals surface area contributed by atoms with Crippen LogP contribution >= 0.6 is 15.9 Å². The first-order valence-electron chi connectivity index (χ1n) is 11.4. The number of nitrogens with one attached hydrogen (secondary N) is 1. The van der Waals surface area contributed by atoms with Gasteiger partial charge in [-0.1, -0.05) is 53.4 Å². The molecule has 0 aliphatic heterocycles. The minimum Gasteiger partial charge on any atom is -0.484 e. The van der Waals surface area contributed by atoms with Crippen molar-refractivity contribution in [2.75, 3.05) is 6.61 Å². The zero-order valence-corrected chi connectivity index (χ0v) is 20.8. The molecular weight excluding hydrogens is 468 g/mol. The average molecular weight is 501 g/mol. The molecule has 3 rings (SSSR count). The molecule has 0 heterocycles. The van der Waals surface area contributed by atoms with Crippen molar-refractivity contribution in [1.29, 1.82) is 0 Å². The number of benzene rings is 2. The van der Waals surface area contributed by atoms with E-state index < -0.39 is 6.04 Å². The summed E-state index contributed by atoms with van der Waals surface area (Å²) in [5.74, 6) is 0.337. The van der Waals surface area contributed by atoms with E-state index in [2.05, 4.69) is 21.2 Å². The maximum atomic E-state index is 13.2. The van der Waals surface area contributed by atoms with Crippen LogP contribution in [-0.4, -0.2) is 35.4 Å². The summed E-state index contributed by atoms with van der Waals surface area (Å²) < 4.78 is 6.73. The van der Waals surface area contributed by atoms with Gasteiger partial charge in [-0.25, -0.2) is 0 Å². The van der Waals surface area contributed by atoms with Crippen LogP contribution in [-0.2, 0) is 16.1 Å². The second-order valence-corrected chi connectivity index (χ2v) is 9.62. The lowest BCUT2D eigenvalue weighted by atomic mass is 9.95. The number of ether oxygens (including phenoxy) is 1. The van der Waals surface area contributed by atoms with Gasteiger partial charge in [-0.15, -0.1) is 0 Å². The molecule has 1 aliphatic rings. The predicted octanol–water partition coefficient (Wildman–Crippen LogP) is 5.31. The molecule has 0 aromatic heterocycles. The summed E-state index contributed by atoms with van der Waals surface area (Å²) in [6.45, 7) is 6.08. The van der Waals surface area contributed by atoms with Crippen molar-refractivity contribution in [3.8, 4) is 5.75 Å². The highest BCUT2D eigenvalue weighted by Gasteiger charge is 2.28. The summed E-state index contributed by atoms with van der Waals surface area (Å²) in [7, 11) is 0. The summed E-state index contributed by atoms with van der Waals surface area (Å²) in [4.78, 5) is 27.8. The molecule has 1 atom stereocenters. The summed E-state index contributed by atoms with van der Waals surface area (Å²) in [5.41, 5.74) is 3.24. The lowest BCUT2D eigenvalue weighted by molar-refractivity contribution is -0.142. The highest BCUT2D eigenvalue weighted by Crippen LogP contribution is 2.20. The average Bonchev–Trinajstić information content (AvgIpc) is 2.78. The first-order chi connectivity index (χ1) is 15.3. The van der Waals surface area contributed by atoms with E-state index in [1.807, 2.05) is 56.3 Å². The minimum atomic E-state index is -0.591. The molecule has 0 saturated heterocycles. The molecular formula is C26H33BrN2O3. The Morgan fingerprint density at radius 2 is 1.84 bits per heavy atom. The normalized spacial score (nSPS) is 15.1. The number of carbonyl (C=O) groups excluding carboxylic acids is 2. The van der Waals surface area contributed by atoms with Crippen molar-refractivity contribution in [2.24, 2.45) is 0 Å². The lowest BCUT2D eigenvalue weighted by Gasteiger charge is -2.31. The maximum Gasteiger partial charge on any atom is 0.261 e. The van der Waals surface area contributed by atoms with Crippen molar-refractivity contribution in [2.45, 2.75) is 71.5 Å². The van der Waals surface area contributed by atoms with Crippen LogP contribution in [0, 0.1) is 13.8 Å². The molecule has 2 aromatic carbocycles. The Labute approximate surface area is 199 Å². The molecule has 2 amide bonds. The SMILES string of the molecule is Cc1ccc(OCC(=O)N(Cc2cccc(Br)c2)C(C)C(=O)NC2CCCCC2)cc1C. The lowest BCUT2D eigenvalue weighted by Crippen LogP contribution is -2.51. The number of nitrogens with zero attached hydrogens (tertiary/aromatic N) is 1. The Morgan fingerprint density at radius 1 is 1.09 bits per heavy atom. The second kappa shape index (κ2) is 11.5. The summed E-state index contributed by atoms with van der Waals surface area (Å²) in [5, 5.41) is 3.16. The number of hydrogen-bond acceptors (Lipinski definition) is 3. The number of carbonyl (C=O) groups is 2. The molecule has 1 saturated carbocycles. The van der Waals surface area contributed by atoms with Gasteiger partial charge in [-0.3, -0.25) is 9.59 Å². The second-order valence-electron chi connectivity index (χ2n) is 8.71. The minimum absolute atomic E-state index is 0.105. The van der Waals surface area contributed by atoms with Crippen molar-refractivity contribution < 1.29 is 14.3 Å². The van der Waals surface area contributed by atoms with E-state index in [0.717, 1.165) is 41.3 Å². The molecule has 1 aliphatic carbocycles. The number of rotatable bonds is 8. The Bertz CT molecular complexity index is 940. The van der Waals surface area contributed by atoms with E-state index in [1.54, 1.807) is 11.8 Å². The van der Waals surface area contributed by atoms with E-state index in [4.69, 9.17) is 4.74 Å². The van der Waals surface area contributed by atoms with Crippen molar-refractivity contribution in [3.63, 3.8) is 0 Å². The van der Waals surface area contributed by atoms with Crippen molar-refractivity contribution in [1.82, 2.24) is 10.2 Å². The van der Waals surface area contributed by atoms with Gasteiger partial charge in [0.15, 0.2) is 6.61 Å². The van der Waals surface area contributed by atoms with Crippen LogP contribution in [0.1, 0.15) is 55.7 Å². The molecule has 5 nitrogen and oxygen atoms in total. The van der Waals surface area contributed by atoms with Gasteiger partial charge in [0.05, 0.1) is 0 Å². The van der Waals surface area contributed by atoms with Gasteiger partial charge in [0.1, 0.15) is 11.8 Å². The summed E-state index contributed by atoms with van der Waals surface area (Å²) in [6, 6.07) is 13.2. The van der Waals surface area contributed by atoms with Crippen molar-refractivity contribution in [3.05, 3.63) is 63.6 Å². The molecule has 172 valence electrons. The number of hydrogen-bond donors (Lipinski definition) is 1. The third-order valence-corrected chi connectivity index (χ3v) is 6.69. The molecule has 1 fully saturated rings. The van der Waals surface area contributed by atoms with E-state index >= 15 is 0 Å². The van der Waals surface area contributed by atoms with Gasteiger partial charge in [-0.05, 0) is 74.6 Å². The molecule has 1 unspecified atom stereocenters. The molecule has 0 radical (unpaired) electrons. The summed E-state index contributed by atoms with van der Waals surface area (Å²) in [6.07, 6.45) is 5.53. The molecule has 0 bridgehead atoms. The summed E-state index contributed by atoms with van der Waals surface area (Å²) >= 11 is 3.49. The maximum absolute atomic E-state index is 13.2. The van der Waals surface area contributed by atoms with Crippen LogP contribution in [0.15, 0.2) is 46.9 Å². The Kier molecular flexibility index (Phi) is 8.74. The fourth-order valence-corrected chi connectivity index (χ4v) is 4.46. The van der Waals surface area contributed by atoms with Crippen LogP contribution in [0.25, 0.3) is 0 Å². The van der Waals surface area contributed by atoms with E-state index in [9.17, 15) is 9.59 Å². The van der Waals surface area contributed by atoms with Gasteiger partial charge in [0.25, 0.3) is 5.91 Å². The number of amides is 2. The smallest absolute Gasteiger partial charge is 0.261 e. The van der Waals surface area contributed by atoms with Crippen LogP contribution in [0.2, 0.25) is 0 Å². The highest BCUT2D eigenvalue weighted by molar-refractivity contribution is 9.10. The van der Waals surface area contributed by atoms with Crippen LogP contribution in [0.5, 0.6) is 5.75 Å². The standard InChI is InChI=1S/C26H33BrN2O3/c1-18-12-13-24(14-19(18)2)32-17-25(30)29(16-21-8-7-9-22(27)15-21)20(3)26(31)28-23-10-5-4-6-11-23/h7-9,12-15,20,23H,4-6,10-11,16-17H2,1-3H3,(H,28,31). The van der Waals surface area contributed by atoms with Crippen LogP contribution in [0.3, 0.4) is 0 Å². The molecule has 1 N–H and O–H groups in total. The molecule has 0 spiro atoms.